The first-order valence-electron chi connectivity index (χ1n) is 10.6. The number of nitrogens with zero attached hydrogens (tertiary/aromatic N) is 1. The molecule has 0 saturated heterocycles. The molecule has 0 aromatic carbocycles. The highest BCUT2D eigenvalue weighted by atomic mass is 16.4. The van der Waals surface area contributed by atoms with Crippen molar-refractivity contribution in [3.05, 3.63) is 12.2 Å². The van der Waals surface area contributed by atoms with E-state index in [0.717, 1.165) is 12.8 Å². The summed E-state index contributed by atoms with van der Waals surface area (Å²) in [6, 6.07) is 0. The summed E-state index contributed by atoms with van der Waals surface area (Å²) in [7, 11) is 0. The number of carboxylic acid groups (broad SMARTS) is 2. The SMILES string of the molecule is C/C=C/CCCC(=O)NCC[N+](CCO)(CCCCC(=O)O)CCCCC(=O)O. The fraction of sp³-hybridized carbons (Fsp3) is 0.762. The van der Waals surface area contributed by atoms with Crippen LogP contribution < -0.4 is 5.32 Å². The topological polar surface area (TPSA) is 124 Å². The first-order valence-corrected chi connectivity index (χ1v) is 10.6. The second-order valence-corrected chi connectivity index (χ2v) is 7.47. The number of aliphatic hydroxyl groups excluding tert-OH is 1. The average Bonchev–Trinajstić information content (AvgIpc) is 2.66. The zero-order valence-electron chi connectivity index (χ0n) is 17.8. The van der Waals surface area contributed by atoms with E-state index in [1.807, 2.05) is 19.1 Å². The van der Waals surface area contributed by atoms with Crippen LogP contribution in [0, 0.1) is 0 Å². The lowest BCUT2D eigenvalue weighted by atomic mass is 10.1. The number of unbranched alkanes of at least 4 members (excludes halogenated alkanes) is 3. The highest BCUT2D eigenvalue weighted by Crippen LogP contribution is 2.14. The molecule has 0 unspecified atom stereocenters. The van der Waals surface area contributed by atoms with Crippen molar-refractivity contribution in [3.8, 4) is 0 Å². The molecule has 8 nitrogen and oxygen atoms in total. The molecule has 1 amide bonds. The minimum atomic E-state index is -0.822. The largest absolute Gasteiger partial charge is 0.481 e. The van der Waals surface area contributed by atoms with Gasteiger partial charge in [0.05, 0.1) is 32.8 Å². The number of carbonyl (C=O) groups is 3. The number of nitrogens with one attached hydrogen (secondary N) is 1. The lowest BCUT2D eigenvalue weighted by Gasteiger charge is -2.39. The fourth-order valence-electron chi connectivity index (χ4n) is 3.40. The van der Waals surface area contributed by atoms with E-state index < -0.39 is 11.9 Å². The van der Waals surface area contributed by atoms with Crippen LogP contribution in [0.3, 0.4) is 0 Å². The second kappa shape index (κ2) is 17.0. The standard InChI is InChI=1S/C21H38N2O6/c1-2-3-4-5-10-19(25)22-13-16-23(17-18-24,14-8-6-11-20(26)27)15-9-7-12-21(28)29/h2-3,24H,4-18H2,1H3,(H2-,22,25,26,27,28,29)/p+1/b3-2+. The molecule has 0 atom stereocenters. The second-order valence-electron chi connectivity index (χ2n) is 7.47. The summed E-state index contributed by atoms with van der Waals surface area (Å²) in [4.78, 5) is 33.5. The van der Waals surface area contributed by atoms with Crippen LogP contribution in [-0.4, -0.2) is 77.0 Å². The molecule has 0 heterocycles. The van der Waals surface area contributed by atoms with Gasteiger partial charge in [0.1, 0.15) is 6.54 Å². The number of rotatable bonds is 19. The van der Waals surface area contributed by atoms with Crippen molar-refractivity contribution in [1.82, 2.24) is 5.32 Å². The monoisotopic (exact) mass is 415 g/mol. The Hall–Kier alpha value is -1.93. The third-order valence-corrected chi connectivity index (χ3v) is 5.04. The predicted molar refractivity (Wildman–Crippen MR) is 111 cm³/mol. The van der Waals surface area contributed by atoms with Crippen LogP contribution in [0.2, 0.25) is 0 Å². The molecule has 0 aliphatic heterocycles. The van der Waals surface area contributed by atoms with Gasteiger partial charge in [-0.05, 0) is 45.4 Å². The smallest absolute Gasteiger partial charge is 0.303 e. The highest BCUT2D eigenvalue weighted by Gasteiger charge is 2.26. The number of aliphatic carboxylic acids is 2. The van der Waals surface area contributed by atoms with Crippen LogP contribution in [0.1, 0.15) is 64.7 Å². The van der Waals surface area contributed by atoms with E-state index in [-0.39, 0.29) is 25.4 Å². The molecule has 0 saturated carbocycles. The van der Waals surface area contributed by atoms with Gasteiger partial charge < -0.3 is 25.1 Å². The van der Waals surface area contributed by atoms with E-state index in [1.165, 1.54) is 0 Å². The molecule has 29 heavy (non-hydrogen) atoms. The van der Waals surface area contributed by atoms with E-state index in [1.54, 1.807) is 0 Å². The van der Waals surface area contributed by atoms with Crippen LogP contribution in [0.5, 0.6) is 0 Å². The van der Waals surface area contributed by atoms with Gasteiger partial charge in [-0.2, -0.15) is 0 Å². The summed E-state index contributed by atoms with van der Waals surface area (Å²) in [6.07, 6.45) is 8.92. The van der Waals surface area contributed by atoms with Gasteiger partial charge in [-0.1, -0.05) is 12.2 Å². The quantitative estimate of drug-likeness (QED) is 0.146. The molecule has 8 heteroatoms. The van der Waals surface area contributed by atoms with Crippen molar-refractivity contribution in [2.24, 2.45) is 0 Å². The Kier molecular flexibility index (Phi) is 15.8. The van der Waals surface area contributed by atoms with Gasteiger partial charge in [-0.25, -0.2) is 0 Å². The van der Waals surface area contributed by atoms with Gasteiger partial charge in [0.15, 0.2) is 0 Å². The number of quaternary nitrogens is 1. The van der Waals surface area contributed by atoms with Gasteiger partial charge in [0.2, 0.25) is 5.91 Å². The molecular weight excluding hydrogens is 376 g/mol. The molecule has 0 aromatic heterocycles. The summed E-state index contributed by atoms with van der Waals surface area (Å²) in [5.74, 6) is -1.64. The molecule has 0 aromatic rings. The summed E-state index contributed by atoms with van der Waals surface area (Å²) in [5, 5.41) is 30.2. The molecule has 0 aliphatic carbocycles. The summed E-state index contributed by atoms with van der Waals surface area (Å²) >= 11 is 0. The zero-order valence-corrected chi connectivity index (χ0v) is 17.8. The van der Waals surface area contributed by atoms with Crippen LogP contribution >= 0.6 is 0 Å². The lowest BCUT2D eigenvalue weighted by Crippen LogP contribution is -2.54. The van der Waals surface area contributed by atoms with Gasteiger partial charge >= 0.3 is 11.9 Å². The van der Waals surface area contributed by atoms with Crippen LogP contribution in [0.4, 0.5) is 0 Å². The van der Waals surface area contributed by atoms with E-state index in [2.05, 4.69) is 5.32 Å². The Morgan fingerprint density at radius 3 is 1.90 bits per heavy atom. The maximum Gasteiger partial charge on any atom is 0.303 e. The molecule has 4 N–H and O–H groups in total. The maximum atomic E-state index is 12.0. The maximum absolute atomic E-state index is 12.0. The molecule has 0 fully saturated rings. The van der Waals surface area contributed by atoms with Crippen LogP contribution in [0.15, 0.2) is 12.2 Å². The van der Waals surface area contributed by atoms with E-state index in [4.69, 9.17) is 10.2 Å². The lowest BCUT2D eigenvalue weighted by molar-refractivity contribution is -0.927. The van der Waals surface area contributed by atoms with E-state index >= 15 is 0 Å². The third kappa shape index (κ3) is 15.6. The minimum absolute atomic E-state index is 0.00480. The third-order valence-electron chi connectivity index (χ3n) is 5.04. The van der Waals surface area contributed by atoms with Crippen molar-refractivity contribution in [3.63, 3.8) is 0 Å². The van der Waals surface area contributed by atoms with Crippen LogP contribution in [-0.2, 0) is 14.4 Å². The molecular formula is C21H39N2O6+. The summed E-state index contributed by atoms with van der Waals surface area (Å²) in [5.41, 5.74) is 0. The Bertz CT molecular complexity index is 485. The first-order chi connectivity index (χ1) is 13.8. The first kappa shape index (κ1) is 27.1. The molecule has 0 radical (unpaired) electrons. The summed E-state index contributed by atoms with van der Waals surface area (Å²) < 4.78 is 0.564. The normalized spacial score (nSPS) is 11.7. The van der Waals surface area contributed by atoms with E-state index in [9.17, 15) is 19.5 Å². The minimum Gasteiger partial charge on any atom is -0.481 e. The van der Waals surface area contributed by atoms with E-state index in [0.29, 0.717) is 69.3 Å². The summed E-state index contributed by atoms with van der Waals surface area (Å²) in [6.45, 7) is 5.00. The molecule has 168 valence electrons. The number of aliphatic hydroxyl groups is 1. The predicted octanol–water partition coefficient (Wildman–Crippen LogP) is 2.17. The number of hydrogen-bond acceptors (Lipinski definition) is 4. The molecule has 0 rings (SSSR count). The van der Waals surface area contributed by atoms with Crippen LogP contribution in [0.25, 0.3) is 0 Å². The molecule has 0 bridgehead atoms. The average molecular weight is 416 g/mol. The van der Waals surface area contributed by atoms with Gasteiger partial charge in [-0.3, -0.25) is 14.4 Å². The Morgan fingerprint density at radius 1 is 0.828 bits per heavy atom. The highest BCUT2D eigenvalue weighted by molar-refractivity contribution is 5.75. The van der Waals surface area contributed by atoms with Crippen molar-refractivity contribution in [2.75, 3.05) is 39.3 Å². The zero-order chi connectivity index (χ0) is 22.0. The Morgan fingerprint density at radius 2 is 1.41 bits per heavy atom. The van der Waals surface area contributed by atoms with Crippen molar-refractivity contribution in [1.29, 1.82) is 0 Å². The van der Waals surface area contributed by atoms with Crippen molar-refractivity contribution >= 4 is 17.8 Å². The number of allylic oxidation sites excluding steroid dienone is 2. The Labute approximate surface area is 174 Å². The van der Waals surface area contributed by atoms with Gasteiger partial charge in [0.25, 0.3) is 0 Å². The van der Waals surface area contributed by atoms with Crippen molar-refractivity contribution in [2.45, 2.75) is 64.7 Å². The fourth-order valence-corrected chi connectivity index (χ4v) is 3.40. The number of hydrogen-bond donors (Lipinski definition) is 4. The number of carboxylic acids is 2. The van der Waals surface area contributed by atoms with Gasteiger partial charge in [0, 0.05) is 19.3 Å². The Balaban J connectivity index is 4.66. The molecule has 0 spiro atoms. The molecule has 0 aliphatic rings. The number of carbonyl (C=O) groups excluding carboxylic acids is 1. The van der Waals surface area contributed by atoms with Gasteiger partial charge in [-0.15, -0.1) is 0 Å². The number of amides is 1. The van der Waals surface area contributed by atoms with Crippen molar-refractivity contribution < 1.29 is 34.2 Å².